The van der Waals surface area contributed by atoms with Crippen LogP contribution in [0.15, 0.2) is 12.1 Å². The number of hydrogen-bond acceptors (Lipinski definition) is 5. The van der Waals surface area contributed by atoms with Gasteiger partial charge in [0.05, 0.1) is 14.2 Å². The number of hydrogen-bond donors (Lipinski definition) is 1. The van der Waals surface area contributed by atoms with E-state index in [1.807, 2.05) is 4.90 Å². The van der Waals surface area contributed by atoms with E-state index < -0.39 is 0 Å². The summed E-state index contributed by atoms with van der Waals surface area (Å²) in [5.41, 5.74) is 0.917. The van der Waals surface area contributed by atoms with Crippen LogP contribution in [0.1, 0.15) is 37.1 Å². The molecule has 122 valence electrons. The number of benzene rings is 1. The molecule has 1 fully saturated rings. The average molecular weight is 325 g/mol. The van der Waals surface area contributed by atoms with Crippen LogP contribution in [0.4, 0.5) is 0 Å². The van der Waals surface area contributed by atoms with Crippen molar-refractivity contribution in [3.8, 4) is 17.2 Å². The molecule has 1 aromatic carbocycles. The Morgan fingerprint density at radius 3 is 2.50 bits per heavy atom. The standard InChI is InChI=1S/C16H23NO4S/c1-4-5-7-17-14(18)6-8-22-16(17)11-9-12(20-2)15(19)13(10-11)21-3/h9-10,16,19H,4-8H2,1-3H3. The number of phenolic OH excluding ortho intramolecular Hbond substituents is 1. The van der Waals surface area contributed by atoms with Gasteiger partial charge >= 0.3 is 0 Å². The van der Waals surface area contributed by atoms with Gasteiger partial charge in [0.1, 0.15) is 5.37 Å². The molecule has 22 heavy (non-hydrogen) atoms. The van der Waals surface area contributed by atoms with E-state index in [-0.39, 0.29) is 17.0 Å². The van der Waals surface area contributed by atoms with Crippen molar-refractivity contribution in [3.63, 3.8) is 0 Å². The fraction of sp³-hybridized carbons (Fsp3) is 0.562. The first kappa shape index (κ1) is 16.8. The van der Waals surface area contributed by atoms with Crippen LogP contribution in [0.5, 0.6) is 17.2 Å². The molecule has 1 saturated heterocycles. The van der Waals surface area contributed by atoms with Gasteiger partial charge in [-0.2, -0.15) is 0 Å². The lowest BCUT2D eigenvalue weighted by Gasteiger charge is -2.35. The number of carbonyl (C=O) groups excluding carboxylic acids is 1. The van der Waals surface area contributed by atoms with E-state index in [1.54, 1.807) is 23.9 Å². The fourth-order valence-corrected chi connectivity index (χ4v) is 3.77. The average Bonchev–Trinajstić information content (AvgIpc) is 2.54. The molecule has 1 atom stereocenters. The minimum atomic E-state index is -0.0591. The monoisotopic (exact) mass is 325 g/mol. The molecule has 1 unspecified atom stereocenters. The highest BCUT2D eigenvalue weighted by atomic mass is 32.2. The number of unbranched alkanes of at least 4 members (excludes halogenated alkanes) is 1. The van der Waals surface area contributed by atoms with Crippen molar-refractivity contribution < 1.29 is 19.4 Å². The molecule has 1 aromatic rings. The number of thioether (sulfide) groups is 1. The van der Waals surface area contributed by atoms with Crippen LogP contribution >= 0.6 is 11.8 Å². The first-order valence-corrected chi connectivity index (χ1v) is 8.53. The van der Waals surface area contributed by atoms with Crippen molar-refractivity contribution in [1.29, 1.82) is 0 Å². The van der Waals surface area contributed by atoms with Crippen molar-refractivity contribution in [2.24, 2.45) is 0 Å². The van der Waals surface area contributed by atoms with Gasteiger partial charge in [0.15, 0.2) is 11.5 Å². The summed E-state index contributed by atoms with van der Waals surface area (Å²) in [6, 6.07) is 3.57. The summed E-state index contributed by atoms with van der Waals surface area (Å²) in [6.07, 6.45) is 2.61. The third-order valence-electron chi connectivity index (χ3n) is 3.73. The third kappa shape index (κ3) is 3.43. The molecule has 0 radical (unpaired) electrons. The van der Waals surface area contributed by atoms with Crippen molar-refractivity contribution in [2.45, 2.75) is 31.6 Å². The highest BCUT2D eigenvalue weighted by molar-refractivity contribution is 7.99. The Morgan fingerprint density at radius 1 is 1.32 bits per heavy atom. The maximum Gasteiger partial charge on any atom is 0.224 e. The third-order valence-corrected chi connectivity index (χ3v) is 5.02. The molecular formula is C16H23NO4S. The maximum absolute atomic E-state index is 12.3. The second kappa shape index (κ2) is 7.63. The van der Waals surface area contributed by atoms with Gasteiger partial charge in [-0.3, -0.25) is 4.79 Å². The lowest BCUT2D eigenvalue weighted by Crippen LogP contribution is -2.37. The molecule has 1 aliphatic rings. The summed E-state index contributed by atoms with van der Waals surface area (Å²) in [4.78, 5) is 14.2. The summed E-state index contributed by atoms with van der Waals surface area (Å²) in [5, 5.41) is 9.97. The SMILES string of the molecule is CCCCN1C(=O)CCSC1c1cc(OC)c(O)c(OC)c1. The lowest BCUT2D eigenvalue weighted by molar-refractivity contribution is -0.132. The zero-order valence-electron chi connectivity index (χ0n) is 13.3. The van der Waals surface area contributed by atoms with E-state index in [9.17, 15) is 9.90 Å². The second-order valence-corrected chi connectivity index (χ2v) is 6.38. The molecular weight excluding hydrogens is 302 g/mol. The van der Waals surface area contributed by atoms with Gasteiger partial charge in [0.2, 0.25) is 11.7 Å². The van der Waals surface area contributed by atoms with Crippen LogP contribution in [-0.4, -0.2) is 42.4 Å². The summed E-state index contributed by atoms with van der Waals surface area (Å²) < 4.78 is 10.4. The molecule has 0 spiro atoms. The summed E-state index contributed by atoms with van der Waals surface area (Å²) in [5.74, 6) is 1.70. The number of methoxy groups -OCH3 is 2. The Bertz CT molecular complexity index is 510. The topological polar surface area (TPSA) is 59.0 Å². The number of aromatic hydroxyl groups is 1. The van der Waals surface area contributed by atoms with Crippen LogP contribution < -0.4 is 9.47 Å². The molecule has 1 aliphatic heterocycles. The summed E-state index contributed by atoms with van der Waals surface area (Å²) >= 11 is 1.74. The highest BCUT2D eigenvalue weighted by Gasteiger charge is 2.30. The second-order valence-electron chi connectivity index (χ2n) is 5.19. The number of ether oxygens (including phenoxy) is 2. The first-order chi connectivity index (χ1) is 10.6. The summed E-state index contributed by atoms with van der Waals surface area (Å²) in [6.45, 7) is 2.86. The number of amides is 1. The summed E-state index contributed by atoms with van der Waals surface area (Å²) in [7, 11) is 3.01. The maximum atomic E-state index is 12.3. The van der Waals surface area contributed by atoms with Crippen LogP contribution in [0.2, 0.25) is 0 Å². The van der Waals surface area contributed by atoms with E-state index in [0.29, 0.717) is 17.9 Å². The van der Waals surface area contributed by atoms with Crippen LogP contribution in [0, 0.1) is 0 Å². The first-order valence-electron chi connectivity index (χ1n) is 7.48. The van der Waals surface area contributed by atoms with Crippen molar-refractivity contribution in [3.05, 3.63) is 17.7 Å². The molecule has 2 rings (SSSR count). The van der Waals surface area contributed by atoms with Gasteiger partial charge in [0, 0.05) is 18.7 Å². The van der Waals surface area contributed by atoms with E-state index in [0.717, 1.165) is 30.7 Å². The normalized spacial score (nSPS) is 18.4. The van der Waals surface area contributed by atoms with E-state index in [1.165, 1.54) is 14.2 Å². The zero-order valence-corrected chi connectivity index (χ0v) is 14.1. The minimum Gasteiger partial charge on any atom is -0.502 e. The molecule has 1 heterocycles. The number of carbonyl (C=O) groups is 1. The Balaban J connectivity index is 2.36. The van der Waals surface area contributed by atoms with Crippen LogP contribution in [0.25, 0.3) is 0 Å². The molecule has 0 aliphatic carbocycles. The molecule has 6 heteroatoms. The van der Waals surface area contributed by atoms with Gasteiger partial charge in [0.25, 0.3) is 0 Å². The van der Waals surface area contributed by atoms with E-state index in [2.05, 4.69) is 6.92 Å². The highest BCUT2D eigenvalue weighted by Crippen LogP contribution is 2.44. The van der Waals surface area contributed by atoms with Crippen LogP contribution in [0.3, 0.4) is 0 Å². The van der Waals surface area contributed by atoms with E-state index >= 15 is 0 Å². The predicted molar refractivity (Wildman–Crippen MR) is 87.6 cm³/mol. The smallest absolute Gasteiger partial charge is 0.224 e. The Morgan fingerprint density at radius 2 is 1.95 bits per heavy atom. The molecule has 0 aromatic heterocycles. The minimum absolute atomic E-state index is 0.0130. The molecule has 5 nitrogen and oxygen atoms in total. The Kier molecular flexibility index (Phi) is 5.83. The number of nitrogens with zero attached hydrogens (tertiary/aromatic N) is 1. The van der Waals surface area contributed by atoms with E-state index in [4.69, 9.17) is 9.47 Å². The molecule has 0 bridgehead atoms. The van der Waals surface area contributed by atoms with Gasteiger partial charge in [-0.15, -0.1) is 11.8 Å². The zero-order chi connectivity index (χ0) is 16.1. The molecule has 0 saturated carbocycles. The molecule has 1 N–H and O–H groups in total. The predicted octanol–water partition coefficient (Wildman–Crippen LogP) is 3.17. The van der Waals surface area contributed by atoms with Gasteiger partial charge in [-0.1, -0.05) is 13.3 Å². The lowest BCUT2D eigenvalue weighted by atomic mass is 10.1. The largest absolute Gasteiger partial charge is 0.502 e. The molecule has 1 amide bonds. The fourth-order valence-electron chi connectivity index (χ4n) is 2.53. The Hall–Kier alpha value is -1.56. The Labute approximate surface area is 135 Å². The van der Waals surface area contributed by atoms with Crippen molar-refractivity contribution in [2.75, 3.05) is 26.5 Å². The number of rotatable bonds is 6. The van der Waals surface area contributed by atoms with Crippen molar-refractivity contribution >= 4 is 17.7 Å². The van der Waals surface area contributed by atoms with Crippen molar-refractivity contribution in [1.82, 2.24) is 4.90 Å². The van der Waals surface area contributed by atoms with Gasteiger partial charge in [-0.25, -0.2) is 0 Å². The number of phenols is 1. The van der Waals surface area contributed by atoms with Gasteiger partial charge in [-0.05, 0) is 24.1 Å². The van der Waals surface area contributed by atoms with Gasteiger partial charge < -0.3 is 19.5 Å². The quantitative estimate of drug-likeness (QED) is 0.870. The van der Waals surface area contributed by atoms with Crippen LogP contribution in [-0.2, 0) is 4.79 Å².